The van der Waals surface area contributed by atoms with Crippen molar-refractivity contribution in [1.82, 2.24) is 10.2 Å². The van der Waals surface area contributed by atoms with Crippen molar-refractivity contribution in [3.8, 4) is 0 Å². The van der Waals surface area contributed by atoms with Crippen LogP contribution in [-0.4, -0.2) is 56.6 Å². The first-order valence-corrected chi connectivity index (χ1v) is 6.84. The number of hydrogen-bond acceptors (Lipinski definition) is 4. The van der Waals surface area contributed by atoms with E-state index in [1.165, 1.54) is 4.90 Å². The summed E-state index contributed by atoms with van der Waals surface area (Å²) in [6.45, 7) is 0.857. The minimum atomic E-state index is -0.649. The molecule has 2 amide bonds. The molecular weight excluding hydrogens is 270 g/mol. The smallest absolute Gasteiger partial charge is 0.240 e. The molecule has 1 aromatic carbocycles. The van der Waals surface area contributed by atoms with Crippen molar-refractivity contribution >= 4 is 11.8 Å². The van der Waals surface area contributed by atoms with Gasteiger partial charge >= 0.3 is 0 Å². The maximum absolute atomic E-state index is 12.1. The van der Waals surface area contributed by atoms with Crippen molar-refractivity contribution in [2.24, 2.45) is 5.73 Å². The van der Waals surface area contributed by atoms with Crippen LogP contribution in [0.4, 0.5) is 0 Å². The van der Waals surface area contributed by atoms with Crippen molar-refractivity contribution in [2.75, 3.05) is 33.9 Å². The standard InChI is InChI=1S/C15H23N3O3/c1-18(11-14(19)17-8-9-21-2)15(20)13(16)10-12-6-4-3-5-7-12/h3-7,13H,8-11,16H2,1-2H3,(H,17,19). The van der Waals surface area contributed by atoms with E-state index in [2.05, 4.69) is 5.32 Å². The van der Waals surface area contributed by atoms with Gasteiger partial charge in [-0.15, -0.1) is 0 Å². The molecule has 0 bridgehead atoms. The lowest BCUT2D eigenvalue weighted by Crippen LogP contribution is -2.47. The summed E-state index contributed by atoms with van der Waals surface area (Å²) in [5.74, 6) is -0.476. The number of carbonyl (C=O) groups is 2. The predicted octanol–water partition coefficient (Wildman–Crippen LogP) is -0.223. The van der Waals surface area contributed by atoms with Crippen molar-refractivity contribution in [2.45, 2.75) is 12.5 Å². The molecule has 116 valence electrons. The zero-order valence-electron chi connectivity index (χ0n) is 12.5. The Balaban J connectivity index is 2.40. The largest absolute Gasteiger partial charge is 0.383 e. The molecule has 1 atom stereocenters. The molecule has 0 fully saturated rings. The highest BCUT2D eigenvalue weighted by Gasteiger charge is 2.20. The summed E-state index contributed by atoms with van der Waals surface area (Å²) in [5.41, 5.74) is 6.90. The van der Waals surface area contributed by atoms with E-state index < -0.39 is 6.04 Å². The Morgan fingerprint density at radius 1 is 1.33 bits per heavy atom. The minimum Gasteiger partial charge on any atom is -0.383 e. The van der Waals surface area contributed by atoms with Crippen LogP contribution in [0.2, 0.25) is 0 Å². The summed E-state index contributed by atoms with van der Waals surface area (Å²) in [6.07, 6.45) is 0.454. The quantitative estimate of drug-likeness (QED) is 0.649. The maximum atomic E-state index is 12.1. The van der Waals surface area contributed by atoms with Crippen LogP contribution >= 0.6 is 0 Å². The number of nitrogens with two attached hydrogens (primary N) is 1. The Hall–Kier alpha value is -1.92. The van der Waals surface area contributed by atoms with Crippen LogP contribution in [-0.2, 0) is 20.7 Å². The topological polar surface area (TPSA) is 84.7 Å². The average Bonchev–Trinajstić information content (AvgIpc) is 2.47. The van der Waals surface area contributed by atoms with E-state index in [9.17, 15) is 9.59 Å². The summed E-state index contributed by atoms with van der Waals surface area (Å²) < 4.78 is 4.83. The fraction of sp³-hybridized carbons (Fsp3) is 0.467. The van der Waals surface area contributed by atoms with Crippen molar-refractivity contribution in [3.63, 3.8) is 0 Å². The molecule has 0 aliphatic carbocycles. The number of methoxy groups -OCH3 is 1. The van der Waals surface area contributed by atoms with Gasteiger partial charge in [0.25, 0.3) is 0 Å². The number of amides is 2. The summed E-state index contributed by atoms with van der Waals surface area (Å²) in [4.78, 5) is 25.1. The Bertz CT molecular complexity index is 451. The molecule has 21 heavy (non-hydrogen) atoms. The molecule has 1 unspecified atom stereocenters. The number of ether oxygens (including phenoxy) is 1. The lowest BCUT2D eigenvalue weighted by atomic mass is 10.1. The van der Waals surface area contributed by atoms with Gasteiger partial charge in [0, 0.05) is 20.7 Å². The van der Waals surface area contributed by atoms with E-state index >= 15 is 0 Å². The van der Waals surface area contributed by atoms with E-state index in [1.54, 1.807) is 14.2 Å². The highest BCUT2D eigenvalue weighted by molar-refractivity contribution is 5.87. The molecule has 0 spiro atoms. The molecule has 0 aromatic heterocycles. The van der Waals surface area contributed by atoms with Gasteiger partial charge in [-0.25, -0.2) is 0 Å². The van der Waals surface area contributed by atoms with Crippen LogP contribution in [0.15, 0.2) is 30.3 Å². The number of hydrogen-bond donors (Lipinski definition) is 2. The lowest BCUT2D eigenvalue weighted by Gasteiger charge is -2.21. The van der Waals surface area contributed by atoms with Crippen molar-refractivity contribution < 1.29 is 14.3 Å². The molecule has 1 rings (SSSR count). The van der Waals surface area contributed by atoms with Gasteiger partial charge in [0.15, 0.2) is 0 Å². The molecule has 6 heteroatoms. The second-order valence-electron chi connectivity index (χ2n) is 4.83. The SMILES string of the molecule is COCCNC(=O)CN(C)C(=O)C(N)Cc1ccccc1. The second-order valence-corrected chi connectivity index (χ2v) is 4.83. The molecule has 0 saturated heterocycles. The molecule has 0 aliphatic heterocycles. The predicted molar refractivity (Wildman–Crippen MR) is 80.6 cm³/mol. The molecule has 0 radical (unpaired) electrons. The first kappa shape index (κ1) is 17.1. The van der Waals surface area contributed by atoms with Gasteiger partial charge in [0.2, 0.25) is 11.8 Å². The van der Waals surface area contributed by atoms with Crippen LogP contribution in [0.3, 0.4) is 0 Å². The zero-order chi connectivity index (χ0) is 15.7. The van der Waals surface area contributed by atoms with Gasteiger partial charge in [-0.2, -0.15) is 0 Å². The molecule has 0 heterocycles. The van der Waals surface area contributed by atoms with Crippen molar-refractivity contribution in [3.05, 3.63) is 35.9 Å². The first-order chi connectivity index (χ1) is 10.0. The average molecular weight is 293 g/mol. The zero-order valence-corrected chi connectivity index (χ0v) is 12.5. The van der Waals surface area contributed by atoms with E-state index in [4.69, 9.17) is 10.5 Å². The Labute approximate surface area is 125 Å². The van der Waals surface area contributed by atoms with E-state index in [1.807, 2.05) is 30.3 Å². The number of benzene rings is 1. The number of carbonyl (C=O) groups excluding carboxylic acids is 2. The highest BCUT2D eigenvalue weighted by atomic mass is 16.5. The maximum Gasteiger partial charge on any atom is 0.240 e. The van der Waals surface area contributed by atoms with E-state index in [0.29, 0.717) is 19.6 Å². The molecule has 0 aliphatic rings. The fourth-order valence-electron chi connectivity index (χ4n) is 1.88. The third kappa shape index (κ3) is 6.37. The first-order valence-electron chi connectivity index (χ1n) is 6.84. The van der Waals surface area contributed by atoms with E-state index in [0.717, 1.165) is 5.56 Å². The van der Waals surface area contributed by atoms with Crippen LogP contribution in [0.5, 0.6) is 0 Å². The van der Waals surface area contributed by atoms with E-state index in [-0.39, 0.29) is 18.4 Å². The number of nitrogens with zero attached hydrogens (tertiary/aromatic N) is 1. The van der Waals surface area contributed by atoms with Crippen molar-refractivity contribution in [1.29, 1.82) is 0 Å². The third-order valence-corrected chi connectivity index (χ3v) is 3.00. The van der Waals surface area contributed by atoms with Crippen LogP contribution < -0.4 is 11.1 Å². The normalized spacial score (nSPS) is 11.8. The fourth-order valence-corrected chi connectivity index (χ4v) is 1.88. The number of rotatable bonds is 8. The number of likely N-dealkylation sites (N-methyl/N-ethyl adjacent to an activating group) is 1. The third-order valence-electron chi connectivity index (χ3n) is 3.00. The molecule has 6 nitrogen and oxygen atoms in total. The summed E-state index contributed by atoms with van der Waals surface area (Å²) in [6, 6.07) is 8.91. The molecule has 0 saturated carbocycles. The van der Waals surface area contributed by atoms with Gasteiger partial charge in [0.1, 0.15) is 0 Å². The summed E-state index contributed by atoms with van der Waals surface area (Å²) >= 11 is 0. The van der Waals surface area contributed by atoms with Gasteiger partial charge in [-0.1, -0.05) is 30.3 Å². The van der Waals surface area contributed by atoms with Crippen LogP contribution in [0.1, 0.15) is 5.56 Å². The monoisotopic (exact) mass is 293 g/mol. The second kappa shape index (κ2) is 9.10. The minimum absolute atomic E-state index is 0.00889. The molecule has 3 N–H and O–H groups in total. The van der Waals surface area contributed by atoms with Crippen LogP contribution in [0.25, 0.3) is 0 Å². The van der Waals surface area contributed by atoms with Gasteiger partial charge < -0.3 is 20.7 Å². The highest BCUT2D eigenvalue weighted by Crippen LogP contribution is 2.03. The number of nitrogens with one attached hydrogen (secondary N) is 1. The Morgan fingerprint density at radius 2 is 2.00 bits per heavy atom. The van der Waals surface area contributed by atoms with Crippen LogP contribution in [0, 0.1) is 0 Å². The molecule has 1 aromatic rings. The summed E-state index contributed by atoms with van der Waals surface area (Å²) in [7, 11) is 3.13. The Kier molecular flexibility index (Phi) is 7.42. The van der Waals surface area contributed by atoms with Gasteiger partial charge in [0.05, 0.1) is 19.2 Å². The lowest BCUT2D eigenvalue weighted by molar-refractivity contribution is -0.135. The van der Waals surface area contributed by atoms with Gasteiger partial charge in [-0.05, 0) is 12.0 Å². The molecular formula is C15H23N3O3. The summed E-state index contributed by atoms with van der Waals surface area (Å²) in [5, 5.41) is 2.66. The Morgan fingerprint density at radius 3 is 2.62 bits per heavy atom. The van der Waals surface area contributed by atoms with Gasteiger partial charge in [-0.3, -0.25) is 9.59 Å².